The highest BCUT2D eigenvalue weighted by Gasteiger charge is 2.45. The zero-order chi connectivity index (χ0) is 14.9. The molecule has 1 amide bonds. The Hall–Kier alpha value is -1.63. The minimum atomic E-state index is -1.15. The number of carboxylic acids is 2. The fraction of sp³-hybridized carbons (Fsp3) is 0.769. The highest BCUT2D eigenvalue weighted by molar-refractivity contribution is 5.88. The first-order valence-electron chi connectivity index (χ1n) is 6.85. The molecule has 0 aromatic carbocycles. The average molecular weight is 284 g/mol. The molecule has 112 valence electrons. The van der Waals surface area contributed by atoms with Gasteiger partial charge < -0.3 is 20.4 Å². The van der Waals surface area contributed by atoms with E-state index in [0.717, 1.165) is 19.4 Å². The van der Waals surface area contributed by atoms with Gasteiger partial charge in [-0.1, -0.05) is 0 Å². The molecule has 0 aliphatic carbocycles. The summed E-state index contributed by atoms with van der Waals surface area (Å²) in [5, 5.41) is 21.4. The van der Waals surface area contributed by atoms with Crippen LogP contribution in [0.4, 0.5) is 0 Å². The lowest BCUT2D eigenvalue weighted by Gasteiger charge is -2.38. The van der Waals surface area contributed by atoms with Crippen LogP contribution < -0.4 is 5.32 Å². The molecule has 2 aliphatic rings. The molecule has 3 N–H and O–H groups in total. The van der Waals surface area contributed by atoms with Crippen LogP contribution in [0.1, 0.15) is 26.2 Å². The molecule has 3 atom stereocenters. The highest BCUT2D eigenvalue weighted by Crippen LogP contribution is 2.28. The minimum Gasteiger partial charge on any atom is -0.481 e. The first-order chi connectivity index (χ1) is 9.35. The molecule has 0 aromatic rings. The number of carbonyl (C=O) groups excluding carboxylic acids is 1. The van der Waals surface area contributed by atoms with Gasteiger partial charge in [0.25, 0.3) is 0 Å². The number of carboxylic acid groups (broad SMARTS) is 2. The summed E-state index contributed by atoms with van der Waals surface area (Å²) in [6, 6.07) is 0. The molecule has 0 radical (unpaired) electrons. The summed E-state index contributed by atoms with van der Waals surface area (Å²) in [6.45, 7) is 2.87. The fourth-order valence-corrected chi connectivity index (χ4v) is 3.11. The predicted octanol–water partition coefficient (Wildman–Crippen LogP) is -0.238. The fourth-order valence-electron chi connectivity index (χ4n) is 3.11. The number of hydrogen-bond donors (Lipinski definition) is 3. The van der Waals surface area contributed by atoms with E-state index < -0.39 is 29.3 Å². The number of carbonyl (C=O) groups is 3. The SMILES string of the molecule is CC1(C(=O)N2CCC(C(=O)O)C(C(=O)O)C2)CCCN1. The van der Waals surface area contributed by atoms with E-state index in [1.807, 2.05) is 6.92 Å². The maximum Gasteiger partial charge on any atom is 0.309 e. The molecular formula is C13H20N2O5. The Morgan fingerprint density at radius 1 is 1.20 bits per heavy atom. The van der Waals surface area contributed by atoms with Crippen molar-refractivity contribution in [3.05, 3.63) is 0 Å². The third kappa shape index (κ3) is 2.63. The lowest BCUT2D eigenvalue weighted by atomic mass is 9.84. The summed E-state index contributed by atoms with van der Waals surface area (Å²) >= 11 is 0. The Kier molecular flexibility index (Phi) is 3.99. The van der Waals surface area contributed by atoms with Crippen molar-refractivity contribution in [1.82, 2.24) is 10.2 Å². The van der Waals surface area contributed by atoms with E-state index in [9.17, 15) is 14.4 Å². The second kappa shape index (κ2) is 5.40. The molecule has 2 rings (SSSR count). The summed E-state index contributed by atoms with van der Waals surface area (Å²) in [5.41, 5.74) is -0.640. The van der Waals surface area contributed by atoms with Gasteiger partial charge in [0.05, 0.1) is 17.4 Å². The van der Waals surface area contributed by atoms with Gasteiger partial charge in [0.2, 0.25) is 5.91 Å². The lowest BCUT2D eigenvalue weighted by Crippen LogP contribution is -2.57. The third-order valence-electron chi connectivity index (χ3n) is 4.38. The van der Waals surface area contributed by atoms with Crippen LogP contribution in [0.3, 0.4) is 0 Å². The van der Waals surface area contributed by atoms with E-state index in [-0.39, 0.29) is 18.9 Å². The molecule has 0 bridgehead atoms. The van der Waals surface area contributed by atoms with Gasteiger partial charge in [-0.3, -0.25) is 14.4 Å². The van der Waals surface area contributed by atoms with Crippen molar-refractivity contribution in [2.75, 3.05) is 19.6 Å². The van der Waals surface area contributed by atoms with Crippen LogP contribution in [0.25, 0.3) is 0 Å². The molecule has 0 saturated carbocycles. The monoisotopic (exact) mass is 284 g/mol. The number of amides is 1. The molecule has 2 heterocycles. The Morgan fingerprint density at radius 3 is 2.35 bits per heavy atom. The quantitative estimate of drug-likeness (QED) is 0.660. The standard InChI is InChI=1S/C13H20N2O5/c1-13(4-2-5-14-13)12(20)15-6-3-8(10(16)17)9(7-15)11(18)19/h8-9,14H,2-7H2,1H3,(H,16,17)(H,18,19). The summed E-state index contributed by atoms with van der Waals surface area (Å²) in [6.07, 6.45) is 1.83. The normalized spacial score (nSPS) is 34.0. The topological polar surface area (TPSA) is 107 Å². The van der Waals surface area contributed by atoms with Gasteiger partial charge in [-0.2, -0.15) is 0 Å². The van der Waals surface area contributed by atoms with Crippen LogP contribution in [0, 0.1) is 11.8 Å². The number of nitrogens with zero attached hydrogens (tertiary/aromatic N) is 1. The van der Waals surface area contributed by atoms with E-state index in [0.29, 0.717) is 6.54 Å². The van der Waals surface area contributed by atoms with Crippen LogP contribution in [-0.4, -0.2) is 58.1 Å². The second-order valence-corrected chi connectivity index (χ2v) is 5.79. The van der Waals surface area contributed by atoms with Crippen LogP contribution in [-0.2, 0) is 14.4 Å². The van der Waals surface area contributed by atoms with Crippen molar-refractivity contribution >= 4 is 17.8 Å². The van der Waals surface area contributed by atoms with E-state index in [4.69, 9.17) is 10.2 Å². The number of aliphatic carboxylic acids is 2. The lowest BCUT2D eigenvalue weighted by molar-refractivity contribution is -0.160. The van der Waals surface area contributed by atoms with E-state index in [1.165, 1.54) is 4.90 Å². The maximum absolute atomic E-state index is 12.5. The summed E-state index contributed by atoms with van der Waals surface area (Å²) in [5.74, 6) is -4.32. The Morgan fingerprint density at radius 2 is 1.85 bits per heavy atom. The van der Waals surface area contributed by atoms with Crippen molar-refractivity contribution in [1.29, 1.82) is 0 Å². The molecule has 20 heavy (non-hydrogen) atoms. The summed E-state index contributed by atoms with van der Waals surface area (Å²) in [7, 11) is 0. The van der Waals surface area contributed by atoms with Gasteiger partial charge in [-0.05, 0) is 32.7 Å². The van der Waals surface area contributed by atoms with Crippen LogP contribution in [0.2, 0.25) is 0 Å². The van der Waals surface area contributed by atoms with Gasteiger partial charge in [0.1, 0.15) is 0 Å². The van der Waals surface area contributed by atoms with Gasteiger partial charge >= 0.3 is 11.9 Å². The van der Waals surface area contributed by atoms with Crippen molar-refractivity contribution in [3.63, 3.8) is 0 Å². The van der Waals surface area contributed by atoms with Crippen molar-refractivity contribution in [3.8, 4) is 0 Å². The molecular weight excluding hydrogens is 264 g/mol. The Labute approximate surface area is 116 Å². The number of likely N-dealkylation sites (tertiary alicyclic amines) is 1. The van der Waals surface area contributed by atoms with Crippen LogP contribution >= 0.6 is 0 Å². The van der Waals surface area contributed by atoms with E-state index in [1.54, 1.807) is 0 Å². The average Bonchev–Trinajstić information content (AvgIpc) is 2.85. The third-order valence-corrected chi connectivity index (χ3v) is 4.38. The molecule has 0 spiro atoms. The van der Waals surface area contributed by atoms with Crippen LogP contribution in [0.5, 0.6) is 0 Å². The zero-order valence-electron chi connectivity index (χ0n) is 11.5. The number of rotatable bonds is 3. The second-order valence-electron chi connectivity index (χ2n) is 5.79. The molecule has 2 fully saturated rings. The highest BCUT2D eigenvalue weighted by atomic mass is 16.4. The number of hydrogen-bond acceptors (Lipinski definition) is 4. The summed E-state index contributed by atoms with van der Waals surface area (Å²) in [4.78, 5) is 36.3. The smallest absolute Gasteiger partial charge is 0.309 e. The largest absolute Gasteiger partial charge is 0.481 e. The Bertz CT molecular complexity index is 430. The first kappa shape index (κ1) is 14.8. The number of nitrogens with one attached hydrogen (secondary N) is 1. The molecule has 3 unspecified atom stereocenters. The van der Waals surface area contributed by atoms with E-state index >= 15 is 0 Å². The van der Waals surface area contributed by atoms with Gasteiger partial charge in [-0.15, -0.1) is 0 Å². The molecule has 2 aliphatic heterocycles. The first-order valence-corrected chi connectivity index (χ1v) is 6.85. The van der Waals surface area contributed by atoms with Crippen molar-refractivity contribution in [2.45, 2.75) is 31.7 Å². The van der Waals surface area contributed by atoms with Gasteiger partial charge in [0, 0.05) is 13.1 Å². The zero-order valence-corrected chi connectivity index (χ0v) is 11.5. The molecule has 7 nitrogen and oxygen atoms in total. The van der Waals surface area contributed by atoms with Gasteiger partial charge in [-0.25, -0.2) is 0 Å². The minimum absolute atomic E-state index is 0.0254. The Balaban J connectivity index is 2.10. The van der Waals surface area contributed by atoms with Gasteiger partial charge in [0.15, 0.2) is 0 Å². The van der Waals surface area contributed by atoms with Crippen LogP contribution in [0.15, 0.2) is 0 Å². The maximum atomic E-state index is 12.5. The molecule has 2 saturated heterocycles. The van der Waals surface area contributed by atoms with Crippen molar-refractivity contribution < 1.29 is 24.6 Å². The van der Waals surface area contributed by atoms with Crippen molar-refractivity contribution in [2.24, 2.45) is 11.8 Å². The summed E-state index contributed by atoms with van der Waals surface area (Å²) < 4.78 is 0. The molecule has 7 heteroatoms. The predicted molar refractivity (Wildman–Crippen MR) is 69.1 cm³/mol. The number of piperidine rings is 1. The van der Waals surface area contributed by atoms with E-state index in [2.05, 4.69) is 5.32 Å². The molecule has 0 aromatic heterocycles.